The molecule has 4 aromatic rings. The summed E-state index contributed by atoms with van der Waals surface area (Å²) in [5.41, 5.74) is 7.60. The molecule has 0 fully saturated rings. The molecule has 1 atom stereocenters. The minimum Gasteiger partial charge on any atom is -0.491 e. The van der Waals surface area contributed by atoms with Gasteiger partial charge in [-0.3, -0.25) is 9.53 Å². The summed E-state index contributed by atoms with van der Waals surface area (Å²) in [7, 11) is 0. The number of anilines is 1. The van der Waals surface area contributed by atoms with Gasteiger partial charge < -0.3 is 29.8 Å². The molecule has 1 aromatic heterocycles. The standard InChI is InChI=1S/C28H31N3O6.Na/c1-17-12-26(36-16-23(33)15-32)18(2)11-25(17)24-6-4-5-21(19(24)3)13-29-22-9-7-20(8-10-22)14-31-27(34)30-28(35)37-31;/h4-12,23,29,32-33H,13-16H2,1-3H3,(H,30,34,35);/q;+1/p-1/t23-;/m1./s1. The molecule has 3 N–H and O–H groups in total. The smallest absolute Gasteiger partial charge is 0.491 e. The molecule has 0 bridgehead atoms. The molecule has 0 aliphatic rings. The number of ether oxygens (including phenoxy) is 1. The summed E-state index contributed by atoms with van der Waals surface area (Å²) in [5.74, 6) is -0.206. The Balaban J connectivity index is 0.00000400. The number of aliphatic hydroxyl groups is 2. The van der Waals surface area contributed by atoms with Gasteiger partial charge in [-0.1, -0.05) is 30.3 Å². The molecule has 0 spiro atoms. The third-order valence-electron chi connectivity index (χ3n) is 6.25. The number of rotatable bonds is 10. The molecule has 10 heteroatoms. The van der Waals surface area contributed by atoms with Crippen molar-refractivity contribution in [1.29, 1.82) is 0 Å². The summed E-state index contributed by atoms with van der Waals surface area (Å²) in [6.45, 7) is 6.56. The monoisotopic (exact) mass is 527 g/mol. The van der Waals surface area contributed by atoms with Crippen molar-refractivity contribution in [2.24, 2.45) is 0 Å². The van der Waals surface area contributed by atoms with E-state index in [2.05, 4.69) is 35.4 Å². The van der Waals surface area contributed by atoms with Gasteiger partial charge in [0.05, 0.1) is 6.61 Å². The average Bonchev–Trinajstić information content (AvgIpc) is 3.20. The van der Waals surface area contributed by atoms with Crippen LogP contribution in [0.4, 0.5) is 5.69 Å². The fraction of sp³-hybridized carbons (Fsp3) is 0.286. The minimum absolute atomic E-state index is 0. The Kier molecular flexibility index (Phi) is 10.2. The number of nitrogens with one attached hydrogen (secondary N) is 1. The Hall–Kier alpha value is -3.08. The van der Waals surface area contributed by atoms with E-state index in [0.29, 0.717) is 12.3 Å². The van der Waals surface area contributed by atoms with Crippen LogP contribution in [-0.2, 0) is 13.1 Å². The molecule has 0 amide bonds. The summed E-state index contributed by atoms with van der Waals surface area (Å²) < 4.78 is 11.4. The molecule has 9 nitrogen and oxygen atoms in total. The van der Waals surface area contributed by atoms with Gasteiger partial charge >= 0.3 is 35.3 Å². The molecule has 3 aromatic carbocycles. The van der Waals surface area contributed by atoms with Crippen LogP contribution < -0.4 is 56.0 Å². The van der Waals surface area contributed by atoms with Crippen molar-refractivity contribution in [1.82, 2.24) is 9.72 Å². The predicted molar refractivity (Wildman–Crippen MR) is 140 cm³/mol. The van der Waals surface area contributed by atoms with Gasteiger partial charge in [0.25, 0.3) is 0 Å². The van der Waals surface area contributed by atoms with E-state index in [-0.39, 0.29) is 49.3 Å². The Morgan fingerprint density at radius 3 is 2.42 bits per heavy atom. The maximum Gasteiger partial charge on any atom is 1.00 e. The first-order chi connectivity index (χ1) is 17.7. The molecular weight excluding hydrogens is 497 g/mol. The topological polar surface area (TPSA) is 128 Å². The number of benzene rings is 3. The van der Waals surface area contributed by atoms with Crippen LogP contribution in [-0.4, -0.2) is 34.3 Å². The second-order valence-corrected chi connectivity index (χ2v) is 9.01. The summed E-state index contributed by atoms with van der Waals surface area (Å²) >= 11 is 0. The summed E-state index contributed by atoms with van der Waals surface area (Å²) in [5, 5.41) is 22.0. The Morgan fingerprint density at radius 1 is 1.03 bits per heavy atom. The quantitative estimate of drug-likeness (QED) is 0.241. The van der Waals surface area contributed by atoms with Gasteiger partial charge in [-0.15, -0.1) is 0 Å². The third-order valence-corrected chi connectivity index (χ3v) is 6.25. The molecule has 0 aliphatic carbocycles. The van der Waals surface area contributed by atoms with Crippen molar-refractivity contribution in [3.63, 3.8) is 0 Å². The molecule has 0 saturated carbocycles. The van der Waals surface area contributed by atoms with Crippen LogP contribution in [0.25, 0.3) is 11.1 Å². The fourth-order valence-electron chi connectivity index (χ4n) is 4.12. The van der Waals surface area contributed by atoms with Crippen LogP contribution in [0.5, 0.6) is 5.75 Å². The van der Waals surface area contributed by atoms with Crippen molar-refractivity contribution in [3.05, 3.63) is 103 Å². The Bertz CT molecular complexity index is 1490. The maximum atomic E-state index is 11.6. The van der Waals surface area contributed by atoms with E-state index >= 15 is 0 Å². The average molecular weight is 528 g/mol. The SMILES string of the molecule is Cc1cc(-c2cccc(CNc3ccc(Cn4oc(=O)[n-]c4=O)cc3)c2C)c(C)cc1OC[C@H](O)CO.[Na+]. The molecule has 38 heavy (non-hydrogen) atoms. The molecule has 0 aliphatic heterocycles. The van der Waals surface area contributed by atoms with Crippen LogP contribution in [0.1, 0.15) is 27.8 Å². The zero-order chi connectivity index (χ0) is 26.5. The predicted octanol–water partition coefficient (Wildman–Crippen LogP) is -0.253. The molecule has 194 valence electrons. The molecule has 1 heterocycles. The zero-order valence-corrected chi connectivity index (χ0v) is 24.0. The molecular formula is C28H30N3NaO6. The van der Waals surface area contributed by atoms with Crippen molar-refractivity contribution in [2.45, 2.75) is 40.0 Å². The Morgan fingerprint density at radius 2 is 1.76 bits per heavy atom. The second-order valence-electron chi connectivity index (χ2n) is 9.01. The first-order valence-electron chi connectivity index (χ1n) is 11.9. The first-order valence-corrected chi connectivity index (χ1v) is 11.9. The van der Waals surface area contributed by atoms with E-state index in [1.165, 1.54) is 0 Å². The number of aromatic nitrogens is 2. The van der Waals surface area contributed by atoms with Crippen LogP contribution >= 0.6 is 0 Å². The van der Waals surface area contributed by atoms with Crippen molar-refractivity contribution < 1.29 is 49.0 Å². The minimum atomic E-state index is -0.910. The van der Waals surface area contributed by atoms with Crippen LogP contribution in [0.3, 0.4) is 0 Å². The van der Waals surface area contributed by atoms with Crippen LogP contribution in [0, 0.1) is 20.8 Å². The Labute approximate surface area is 242 Å². The number of hydrogen-bond acceptors (Lipinski definition) is 7. The van der Waals surface area contributed by atoms with E-state index in [0.717, 1.165) is 49.4 Å². The van der Waals surface area contributed by atoms with E-state index in [4.69, 9.17) is 14.4 Å². The largest absolute Gasteiger partial charge is 1.00 e. The van der Waals surface area contributed by atoms with Crippen molar-refractivity contribution in [3.8, 4) is 16.9 Å². The van der Waals surface area contributed by atoms with Gasteiger partial charge in [0.1, 0.15) is 18.5 Å². The number of nitrogens with zero attached hydrogens (tertiary/aromatic N) is 2. The molecule has 0 unspecified atom stereocenters. The number of aryl methyl sites for hydroxylation is 2. The number of aliphatic hydroxyl groups excluding tert-OH is 2. The van der Waals surface area contributed by atoms with Gasteiger partial charge in [-0.25, -0.2) is 4.79 Å². The van der Waals surface area contributed by atoms with Gasteiger partial charge in [0.15, 0.2) is 5.69 Å². The van der Waals surface area contributed by atoms with Gasteiger partial charge in [0.2, 0.25) is 0 Å². The summed E-state index contributed by atoms with van der Waals surface area (Å²) in [6, 6.07) is 17.8. The third kappa shape index (κ3) is 7.06. The number of hydrogen-bond donors (Lipinski definition) is 3. The van der Waals surface area contributed by atoms with Gasteiger partial charge in [-0.2, -0.15) is 0 Å². The van der Waals surface area contributed by atoms with Crippen LogP contribution in [0.2, 0.25) is 0 Å². The van der Waals surface area contributed by atoms with Gasteiger partial charge in [-0.05, 0) is 84.0 Å². The summed E-state index contributed by atoms with van der Waals surface area (Å²) in [6.07, 6.45) is -0.910. The zero-order valence-electron chi connectivity index (χ0n) is 22.0. The van der Waals surface area contributed by atoms with E-state index < -0.39 is 17.5 Å². The molecule has 0 radical (unpaired) electrons. The van der Waals surface area contributed by atoms with Gasteiger partial charge in [0, 0.05) is 18.8 Å². The first kappa shape index (κ1) is 29.5. The van der Waals surface area contributed by atoms with Crippen molar-refractivity contribution in [2.75, 3.05) is 18.5 Å². The molecule has 0 saturated heterocycles. The van der Waals surface area contributed by atoms with E-state index in [1.807, 2.05) is 50.2 Å². The van der Waals surface area contributed by atoms with E-state index in [9.17, 15) is 14.7 Å². The normalized spacial score (nSPS) is 11.6. The molecule has 4 rings (SSSR count). The fourth-order valence-corrected chi connectivity index (χ4v) is 4.12. The maximum absolute atomic E-state index is 11.6. The van der Waals surface area contributed by atoms with Crippen molar-refractivity contribution >= 4 is 5.69 Å². The summed E-state index contributed by atoms with van der Waals surface area (Å²) in [4.78, 5) is 25.9. The second kappa shape index (κ2) is 13.1. The van der Waals surface area contributed by atoms with E-state index in [1.54, 1.807) is 0 Å². The van der Waals surface area contributed by atoms with Crippen LogP contribution in [0.15, 0.2) is 68.7 Å².